The number of hydrogen-bond donors (Lipinski definition) is 1. The Bertz CT molecular complexity index is 408. The molecule has 1 aromatic carbocycles. The van der Waals surface area contributed by atoms with E-state index in [0.29, 0.717) is 11.1 Å². The Morgan fingerprint density at radius 2 is 2.29 bits per heavy atom. The van der Waals surface area contributed by atoms with Crippen molar-refractivity contribution in [2.45, 2.75) is 19.1 Å². The van der Waals surface area contributed by atoms with Crippen LogP contribution in [-0.2, 0) is 11.3 Å². The molecule has 2 rings (SSSR count). The smallest absolute Gasteiger partial charge is 0.104 e. The van der Waals surface area contributed by atoms with Crippen molar-refractivity contribution >= 4 is 17.2 Å². The summed E-state index contributed by atoms with van der Waals surface area (Å²) in [5, 5.41) is 0. The summed E-state index contributed by atoms with van der Waals surface area (Å²) in [4.78, 5) is 2.86. The first-order valence-electron chi connectivity index (χ1n) is 5.83. The Morgan fingerprint density at radius 1 is 1.53 bits per heavy atom. The van der Waals surface area contributed by atoms with E-state index < -0.39 is 0 Å². The molecule has 1 aliphatic heterocycles. The second kappa shape index (κ2) is 5.58. The van der Waals surface area contributed by atoms with E-state index >= 15 is 0 Å². The average molecular weight is 250 g/mol. The predicted molar refractivity (Wildman–Crippen MR) is 73.0 cm³/mol. The highest BCUT2D eigenvalue weighted by molar-refractivity contribution is 7.80. The highest BCUT2D eigenvalue weighted by atomic mass is 32.1. The molecular weight excluding hydrogens is 232 g/mol. The zero-order valence-corrected chi connectivity index (χ0v) is 10.9. The van der Waals surface area contributed by atoms with Crippen molar-refractivity contribution in [3.05, 3.63) is 35.4 Å². The van der Waals surface area contributed by atoms with Crippen molar-refractivity contribution < 1.29 is 4.74 Å². The van der Waals surface area contributed by atoms with Crippen LogP contribution in [0.2, 0.25) is 0 Å². The maximum absolute atomic E-state index is 5.73. The molecule has 3 nitrogen and oxygen atoms in total. The Balaban J connectivity index is 2.06. The van der Waals surface area contributed by atoms with Gasteiger partial charge in [-0.3, -0.25) is 4.90 Å². The van der Waals surface area contributed by atoms with E-state index in [1.54, 1.807) is 7.11 Å². The van der Waals surface area contributed by atoms with Crippen molar-refractivity contribution in [2.24, 2.45) is 5.73 Å². The fraction of sp³-hybridized carbons (Fsp3) is 0.462. The summed E-state index contributed by atoms with van der Waals surface area (Å²) in [6.45, 7) is 2.96. The SMILES string of the molecule is COC1CCN(Cc2ccccc2C(N)=S)C1. The van der Waals surface area contributed by atoms with Crippen molar-refractivity contribution in [1.82, 2.24) is 4.90 Å². The van der Waals surface area contributed by atoms with Gasteiger partial charge in [-0.05, 0) is 12.0 Å². The van der Waals surface area contributed by atoms with Crippen LogP contribution in [0.1, 0.15) is 17.5 Å². The first kappa shape index (κ1) is 12.5. The lowest BCUT2D eigenvalue weighted by Crippen LogP contribution is -2.24. The number of nitrogens with zero attached hydrogens (tertiary/aromatic N) is 1. The quantitative estimate of drug-likeness (QED) is 0.823. The summed E-state index contributed by atoms with van der Waals surface area (Å²) >= 11 is 5.07. The molecular formula is C13H18N2OS. The molecule has 0 amide bonds. The molecule has 2 N–H and O–H groups in total. The van der Waals surface area contributed by atoms with Crippen LogP contribution in [-0.4, -0.2) is 36.2 Å². The highest BCUT2D eigenvalue weighted by Crippen LogP contribution is 2.17. The molecule has 0 radical (unpaired) electrons. The number of rotatable bonds is 4. The van der Waals surface area contributed by atoms with Gasteiger partial charge in [0, 0.05) is 32.3 Å². The van der Waals surface area contributed by atoms with Crippen LogP contribution in [0.5, 0.6) is 0 Å². The Hall–Kier alpha value is -0.970. The van der Waals surface area contributed by atoms with Crippen LogP contribution in [0, 0.1) is 0 Å². The van der Waals surface area contributed by atoms with E-state index in [0.717, 1.165) is 31.6 Å². The standard InChI is InChI=1S/C13H18N2OS/c1-16-11-6-7-15(9-11)8-10-4-2-3-5-12(10)13(14)17/h2-5,11H,6-9H2,1H3,(H2,14,17). The minimum Gasteiger partial charge on any atom is -0.389 e. The van der Waals surface area contributed by atoms with Crippen molar-refractivity contribution in [2.75, 3.05) is 20.2 Å². The van der Waals surface area contributed by atoms with E-state index in [1.807, 2.05) is 18.2 Å². The van der Waals surface area contributed by atoms with Gasteiger partial charge in [-0.15, -0.1) is 0 Å². The molecule has 17 heavy (non-hydrogen) atoms. The van der Waals surface area contributed by atoms with Crippen LogP contribution in [0.15, 0.2) is 24.3 Å². The normalized spacial score (nSPS) is 20.6. The van der Waals surface area contributed by atoms with E-state index in [2.05, 4.69) is 11.0 Å². The highest BCUT2D eigenvalue weighted by Gasteiger charge is 2.22. The molecule has 0 spiro atoms. The van der Waals surface area contributed by atoms with Gasteiger partial charge in [0.25, 0.3) is 0 Å². The number of ether oxygens (including phenoxy) is 1. The van der Waals surface area contributed by atoms with Crippen molar-refractivity contribution in [1.29, 1.82) is 0 Å². The minimum atomic E-state index is 0.368. The van der Waals surface area contributed by atoms with Crippen LogP contribution >= 0.6 is 12.2 Å². The van der Waals surface area contributed by atoms with Gasteiger partial charge < -0.3 is 10.5 Å². The molecule has 1 saturated heterocycles. The number of likely N-dealkylation sites (tertiary alicyclic amines) is 1. The summed E-state index contributed by atoms with van der Waals surface area (Å²) in [6.07, 6.45) is 1.47. The molecule has 0 aliphatic carbocycles. The molecule has 4 heteroatoms. The maximum atomic E-state index is 5.73. The lowest BCUT2D eigenvalue weighted by Gasteiger charge is -2.17. The summed E-state index contributed by atoms with van der Waals surface area (Å²) in [5.74, 6) is 0. The van der Waals surface area contributed by atoms with Crippen molar-refractivity contribution in [3.8, 4) is 0 Å². The summed E-state index contributed by atoms with van der Waals surface area (Å²) in [5.41, 5.74) is 7.93. The molecule has 1 fully saturated rings. The van der Waals surface area contributed by atoms with Gasteiger partial charge in [0.2, 0.25) is 0 Å². The number of methoxy groups -OCH3 is 1. The van der Waals surface area contributed by atoms with Gasteiger partial charge in [-0.1, -0.05) is 36.5 Å². The number of benzene rings is 1. The van der Waals surface area contributed by atoms with Crippen LogP contribution in [0.25, 0.3) is 0 Å². The zero-order chi connectivity index (χ0) is 12.3. The monoisotopic (exact) mass is 250 g/mol. The van der Waals surface area contributed by atoms with E-state index in [9.17, 15) is 0 Å². The van der Waals surface area contributed by atoms with E-state index in [4.69, 9.17) is 22.7 Å². The Labute approximate surface area is 108 Å². The molecule has 1 aliphatic rings. The fourth-order valence-electron chi connectivity index (χ4n) is 2.27. The number of hydrogen-bond acceptors (Lipinski definition) is 3. The second-order valence-electron chi connectivity index (χ2n) is 4.40. The van der Waals surface area contributed by atoms with E-state index in [1.165, 1.54) is 5.56 Å². The summed E-state index contributed by atoms with van der Waals surface area (Å²) in [6, 6.07) is 8.08. The first-order valence-corrected chi connectivity index (χ1v) is 6.24. The number of nitrogens with two attached hydrogens (primary N) is 1. The maximum Gasteiger partial charge on any atom is 0.104 e. The van der Waals surface area contributed by atoms with Crippen LogP contribution < -0.4 is 5.73 Å². The van der Waals surface area contributed by atoms with Gasteiger partial charge in [-0.25, -0.2) is 0 Å². The summed E-state index contributed by atoms with van der Waals surface area (Å²) in [7, 11) is 1.77. The third kappa shape index (κ3) is 3.03. The Morgan fingerprint density at radius 3 is 2.94 bits per heavy atom. The largest absolute Gasteiger partial charge is 0.389 e. The molecule has 0 aromatic heterocycles. The number of thiocarbonyl (C=S) groups is 1. The third-order valence-corrected chi connectivity index (χ3v) is 3.46. The summed E-state index contributed by atoms with van der Waals surface area (Å²) < 4.78 is 5.36. The minimum absolute atomic E-state index is 0.368. The molecule has 1 unspecified atom stereocenters. The fourth-order valence-corrected chi connectivity index (χ4v) is 2.47. The molecule has 1 heterocycles. The molecule has 92 valence electrons. The van der Waals surface area contributed by atoms with Crippen molar-refractivity contribution in [3.63, 3.8) is 0 Å². The van der Waals surface area contributed by atoms with Gasteiger partial charge >= 0.3 is 0 Å². The third-order valence-electron chi connectivity index (χ3n) is 3.24. The predicted octanol–water partition coefficient (Wildman–Crippen LogP) is 1.54. The van der Waals surface area contributed by atoms with Gasteiger partial charge in [-0.2, -0.15) is 0 Å². The average Bonchev–Trinajstić information content (AvgIpc) is 2.77. The molecule has 1 aromatic rings. The lowest BCUT2D eigenvalue weighted by atomic mass is 10.1. The molecule has 1 atom stereocenters. The lowest BCUT2D eigenvalue weighted by molar-refractivity contribution is 0.107. The van der Waals surface area contributed by atoms with E-state index in [-0.39, 0.29) is 0 Å². The molecule has 0 saturated carbocycles. The van der Waals surface area contributed by atoms with Gasteiger partial charge in [0.05, 0.1) is 6.10 Å². The van der Waals surface area contributed by atoms with Crippen LogP contribution in [0.3, 0.4) is 0 Å². The molecule has 0 bridgehead atoms. The topological polar surface area (TPSA) is 38.5 Å². The second-order valence-corrected chi connectivity index (χ2v) is 4.84. The zero-order valence-electron chi connectivity index (χ0n) is 10.1. The van der Waals surface area contributed by atoms with Gasteiger partial charge in [0.15, 0.2) is 0 Å². The van der Waals surface area contributed by atoms with Crippen LogP contribution in [0.4, 0.5) is 0 Å². The Kier molecular flexibility index (Phi) is 4.10. The van der Waals surface area contributed by atoms with Gasteiger partial charge in [0.1, 0.15) is 4.99 Å². The first-order chi connectivity index (χ1) is 8.20.